The molecule has 0 amide bonds. The zero-order chi connectivity index (χ0) is 12.7. The summed E-state index contributed by atoms with van der Waals surface area (Å²) in [5, 5.41) is 0. The van der Waals surface area contributed by atoms with Gasteiger partial charge in [0, 0.05) is 0 Å². The Bertz CT molecular complexity index is 750. The predicted molar refractivity (Wildman–Crippen MR) is 73.1 cm³/mol. The molecular formula is C15H14N2O. The lowest BCUT2D eigenvalue weighted by molar-refractivity contribution is 0.419. The highest BCUT2D eigenvalue weighted by molar-refractivity contribution is 5.91. The lowest BCUT2D eigenvalue weighted by Gasteiger charge is -2.08. The number of fused-ring (bicyclic) bond motifs is 2. The molecule has 3 heteroatoms. The molecule has 0 aliphatic heterocycles. The fourth-order valence-electron chi connectivity index (χ4n) is 2.14. The third-order valence-corrected chi connectivity index (χ3v) is 3.34. The number of nitrogens with zero attached hydrogens (tertiary/aromatic N) is 2. The number of para-hydroxylation sites is 1. The van der Waals surface area contributed by atoms with Gasteiger partial charge in [0.25, 0.3) is 0 Å². The smallest absolute Gasteiger partial charge is 0.146 e. The van der Waals surface area contributed by atoms with Gasteiger partial charge in [0.05, 0.1) is 23.7 Å². The first-order valence-corrected chi connectivity index (χ1v) is 5.91. The van der Waals surface area contributed by atoms with Crippen molar-refractivity contribution < 1.29 is 4.74 Å². The molecule has 0 atom stereocenters. The van der Waals surface area contributed by atoms with Crippen molar-refractivity contribution in [3.05, 3.63) is 41.5 Å². The lowest BCUT2D eigenvalue weighted by Crippen LogP contribution is -1.94. The van der Waals surface area contributed by atoms with E-state index in [4.69, 9.17) is 9.72 Å². The van der Waals surface area contributed by atoms with Crippen molar-refractivity contribution in [1.29, 1.82) is 0 Å². The fourth-order valence-corrected chi connectivity index (χ4v) is 2.14. The first-order valence-electron chi connectivity index (χ1n) is 5.91. The van der Waals surface area contributed by atoms with Gasteiger partial charge in [-0.1, -0.05) is 12.1 Å². The zero-order valence-corrected chi connectivity index (χ0v) is 10.7. The first-order chi connectivity index (χ1) is 8.70. The number of ether oxygens (including phenoxy) is 1. The molecule has 0 unspecified atom stereocenters. The molecule has 18 heavy (non-hydrogen) atoms. The normalized spacial score (nSPS) is 11.1. The van der Waals surface area contributed by atoms with Gasteiger partial charge in [-0.3, -0.25) is 0 Å². The van der Waals surface area contributed by atoms with Gasteiger partial charge in [-0.15, -0.1) is 0 Å². The summed E-state index contributed by atoms with van der Waals surface area (Å²) in [6.07, 6.45) is 0. The van der Waals surface area contributed by atoms with Crippen LogP contribution >= 0.6 is 0 Å². The van der Waals surface area contributed by atoms with Gasteiger partial charge in [0.2, 0.25) is 0 Å². The van der Waals surface area contributed by atoms with Crippen molar-refractivity contribution in [2.45, 2.75) is 13.8 Å². The number of methoxy groups -OCH3 is 1. The lowest BCUT2D eigenvalue weighted by atomic mass is 10.1. The van der Waals surface area contributed by atoms with Crippen LogP contribution in [0.3, 0.4) is 0 Å². The van der Waals surface area contributed by atoms with Gasteiger partial charge in [0.15, 0.2) is 0 Å². The number of rotatable bonds is 1. The molecule has 0 aliphatic carbocycles. The van der Waals surface area contributed by atoms with E-state index < -0.39 is 0 Å². The Morgan fingerprint density at radius 2 is 1.61 bits per heavy atom. The van der Waals surface area contributed by atoms with Gasteiger partial charge in [-0.05, 0) is 43.2 Å². The molecule has 1 aromatic heterocycles. The third-order valence-electron chi connectivity index (χ3n) is 3.34. The van der Waals surface area contributed by atoms with Crippen molar-refractivity contribution in [3.8, 4) is 5.75 Å². The molecule has 3 rings (SSSR count). The van der Waals surface area contributed by atoms with Crippen LogP contribution in [0.2, 0.25) is 0 Å². The maximum absolute atomic E-state index is 5.33. The Balaban J connectivity index is 2.47. The average molecular weight is 238 g/mol. The van der Waals surface area contributed by atoms with Crippen LogP contribution in [0, 0.1) is 13.8 Å². The standard InChI is InChI=1S/C15H14N2O/c1-9-7-8-12-14(10(9)2)16-11-5-4-6-13(18-3)15(11)17-12/h4-8H,1-3H3. The molecule has 0 saturated carbocycles. The Morgan fingerprint density at radius 3 is 2.39 bits per heavy atom. The van der Waals surface area contributed by atoms with Crippen molar-refractivity contribution in [1.82, 2.24) is 9.97 Å². The number of benzene rings is 2. The van der Waals surface area contributed by atoms with Crippen LogP contribution in [-0.2, 0) is 0 Å². The van der Waals surface area contributed by atoms with Gasteiger partial charge in [-0.25, -0.2) is 9.97 Å². The largest absolute Gasteiger partial charge is 0.494 e. The molecule has 0 radical (unpaired) electrons. The Labute approximate surface area is 105 Å². The van der Waals surface area contributed by atoms with Crippen molar-refractivity contribution >= 4 is 22.1 Å². The van der Waals surface area contributed by atoms with E-state index in [0.717, 1.165) is 27.8 Å². The minimum Gasteiger partial charge on any atom is -0.494 e. The van der Waals surface area contributed by atoms with Crippen LogP contribution in [0.4, 0.5) is 0 Å². The summed E-state index contributed by atoms with van der Waals surface area (Å²) < 4.78 is 5.33. The van der Waals surface area contributed by atoms with Crippen LogP contribution in [0.25, 0.3) is 22.1 Å². The number of hydrogen-bond acceptors (Lipinski definition) is 3. The summed E-state index contributed by atoms with van der Waals surface area (Å²) in [5.41, 5.74) is 5.99. The summed E-state index contributed by atoms with van der Waals surface area (Å²) in [4.78, 5) is 9.37. The van der Waals surface area contributed by atoms with E-state index >= 15 is 0 Å². The SMILES string of the molecule is COc1cccc2nc3c(C)c(C)ccc3nc12. The van der Waals surface area contributed by atoms with E-state index in [-0.39, 0.29) is 0 Å². The maximum Gasteiger partial charge on any atom is 0.146 e. The summed E-state index contributed by atoms with van der Waals surface area (Å²) in [6, 6.07) is 9.90. The average Bonchev–Trinajstić information content (AvgIpc) is 2.41. The minimum absolute atomic E-state index is 0.764. The second-order valence-electron chi connectivity index (χ2n) is 4.43. The summed E-state index contributed by atoms with van der Waals surface area (Å²) >= 11 is 0. The van der Waals surface area contributed by atoms with Crippen LogP contribution in [0.15, 0.2) is 30.3 Å². The highest BCUT2D eigenvalue weighted by Gasteiger charge is 2.08. The van der Waals surface area contributed by atoms with E-state index in [1.54, 1.807) is 7.11 Å². The van der Waals surface area contributed by atoms with Crippen LogP contribution in [-0.4, -0.2) is 17.1 Å². The van der Waals surface area contributed by atoms with E-state index in [2.05, 4.69) is 24.9 Å². The van der Waals surface area contributed by atoms with Crippen molar-refractivity contribution in [3.63, 3.8) is 0 Å². The maximum atomic E-state index is 5.33. The molecule has 0 fully saturated rings. The molecule has 0 aliphatic rings. The monoisotopic (exact) mass is 238 g/mol. The summed E-state index contributed by atoms with van der Waals surface area (Å²) in [6.45, 7) is 4.17. The Hall–Kier alpha value is -2.16. The van der Waals surface area contributed by atoms with Gasteiger partial charge >= 0.3 is 0 Å². The topological polar surface area (TPSA) is 35.0 Å². The molecule has 3 aromatic rings. The van der Waals surface area contributed by atoms with Crippen LogP contribution in [0.1, 0.15) is 11.1 Å². The second kappa shape index (κ2) is 3.95. The Kier molecular flexibility index (Phi) is 2.40. The molecule has 0 saturated heterocycles. The van der Waals surface area contributed by atoms with Gasteiger partial charge in [-0.2, -0.15) is 0 Å². The van der Waals surface area contributed by atoms with Crippen molar-refractivity contribution in [2.24, 2.45) is 0 Å². The number of aromatic nitrogens is 2. The van der Waals surface area contributed by atoms with Crippen molar-refractivity contribution in [2.75, 3.05) is 7.11 Å². The molecule has 0 N–H and O–H groups in total. The van der Waals surface area contributed by atoms with Crippen LogP contribution < -0.4 is 4.74 Å². The second-order valence-corrected chi connectivity index (χ2v) is 4.43. The summed E-state index contributed by atoms with van der Waals surface area (Å²) in [5.74, 6) is 0.764. The van der Waals surface area contributed by atoms with E-state index in [9.17, 15) is 0 Å². The molecular weight excluding hydrogens is 224 g/mol. The quantitative estimate of drug-likeness (QED) is 0.609. The zero-order valence-electron chi connectivity index (χ0n) is 10.7. The molecule has 3 nitrogen and oxygen atoms in total. The molecule has 1 heterocycles. The fraction of sp³-hybridized carbons (Fsp3) is 0.200. The molecule has 90 valence electrons. The van der Waals surface area contributed by atoms with Gasteiger partial charge < -0.3 is 4.74 Å². The number of aryl methyl sites for hydroxylation is 2. The Morgan fingerprint density at radius 1 is 0.889 bits per heavy atom. The third kappa shape index (κ3) is 1.51. The summed E-state index contributed by atoms with van der Waals surface area (Å²) in [7, 11) is 1.65. The molecule has 2 aromatic carbocycles. The minimum atomic E-state index is 0.764. The van der Waals surface area contributed by atoms with Gasteiger partial charge in [0.1, 0.15) is 11.3 Å². The molecule has 0 bridgehead atoms. The molecule has 0 spiro atoms. The highest BCUT2D eigenvalue weighted by atomic mass is 16.5. The number of hydrogen-bond donors (Lipinski definition) is 0. The van der Waals surface area contributed by atoms with E-state index in [1.807, 2.05) is 24.3 Å². The van der Waals surface area contributed by atoms with E-state index in [0.29, 0.717) is 0 Å². The first kappa shape index (κ1) is 11.0. The highest BCUT2D eigenvalue weighted by Crippen LogP contribution is 2.26. The predicted octanol–water partition coefficient (Wildman–Crippen LogP) is 3.41. The van der Waals surface area contributed by atoms with E-state index in [1.165, 1.54) is 11.1 Å². The van der Waals surface area contributed by atoms with Crippen LogP contribution in [0.5, 0.6) is 5.75 Å².